The number of ether oxygens (including phenoxy) is 1. The SMILES string of the molecule is C=C(F)C(=O)N1CCN(c2nc(OC)nc3c(CF)c(-c4cccc5cccc(Cl)c45)cnc23)CC1.CC#N.CN1CCCC1. The Hall–Kier alpha value is -4.40. The smallest absolute Gasteiger partial charge is 0.318 e. The number of nitrogens with zero attached hydrogens (tertiary/aromatic N) is 7. The predicted molar refractivity (Wildman–Crippen MR) is 174 cm³/mol. The molecule has 2 aromatic carbocycles. The third-order valence-corrected chi connectivity index (χ3v) is 7.98. The highest BCUT2D eigenvalue weighted by Gasteiger charge is 2.27. The first kappa shape index (κ1) is 33.5. The van der Waals surface area contributed by atoms with E-state index >= 15 is 0 Å². The number of carbonyl (C=O) groups excluding carboxylic acids is 1. The van der Waals surface area contributed by atoms with Crippen LogP contribution in [0, 0.1) is 11.3 Å². The number of hydrogen-bond donors (Lipinski definition) is 0. The molecule has 2 fully saturated rings. The fraction of sp³-hybridized carbons (Fsp3) is 0.364. The Balaban J connectivity index is 0.000000446. The number of amides is 1. The van der Waals surface area contributed by atoms with E-state index in [2.05, 4.69) is 33.5 Å². The van der Waals surface area contributed by atoms with Crippen LogP contribution in [0.15, 0.2) is 55.0 Å². The van der Waals surface area contributed by atoms with Crippen LogP contribution < -0.4 is 9.64 Å². The van der Waals surface area contributed by atoms with Crippen molar-refractivity contribution in [1.82, 2.24) is 24.8 Å². The molecule has 2 aromatic heterocycles. The summed E-state index contributed by atoms with van der Waals surface area (Å²) in [6.45, 7) is 7.66. The lowest BCUT2D eigenvalue weighted by molar-refractivity contribution is -0.128. The Kier molecular flexibility index (Phi) is 11.6. The van der Waals surface area contributed by atoms with E-state index in [0.29, 0.717) is 46.1 Å². The van der Waals surface area contributed by atoms with E-state index in [9.17, 15) is 13.6 Å². The molecule has 1 amide bonds. The zero-order valence-corrected chi connectivity index (χ0v) is 26.4. The van der Waals surface area contributed by atoms with Crippen LogP contribution in [-0.4, -0.2) is 84.1 Å². The molecular weight excluding hydrogens is 600 g/mol. The predicted octanol–water partition coefficient (Wildman–Crippen LogP) is 6.35. The lowest BCUT2D eigenvalue weighted by atomic mass is 9.95. The molecule has 9 nitrogen and oxygen atoms in total. The molecule has 4 aromatic rings. The molecule has 0 N–H and O–H groups in total. The van der Waals surface area contributed by atoms with Gasteiger partial charge in [0.25, 0.3) is 5.91 Å². The molecule has 0 unspecified atom stereocenters. The van der Waals surface area contributed by atoms with E-state index < -0.39 is 18.4 Å². The van der Waals surface area contributed by atoms with E-state index in [-0.39, 0.29) is 19.1 Å². The summed E-state index contributed by atoms with van der Waals surface area (Å²) in [4.78, 5) is 31.2. The number of likely N-dealkylation sites (tertiary alicyclic amines) is 1. The number of rotatable bonds is 5. The first-order chi connectivity index (χ1) is 21.7. The topological polar surface area (TPSA) is 98.5 Å². The van der Waals surface area contributed by atoms with Crippen molar-refractivity contribution in [3.63, 3.8) is 0 Å². The van der Waals surface area contributed by atoms with Gasteiger partial charge in [0.15, 0.2) is 11.6 Å². The van der Waals surface area contributed by atoms with E-state index in [1.807, 2.05) is 35.2 Å². The Morgan fingerprint density at radius 1 is 1.04 bits per heavy atom. The number of nitriles is 1. The van der Waals surface area contributed by atoms with Crippen LogP contribution in [0.1, 0.15) is 25.3 Å². The number of halogens is 3. The second-order valence-electron chi connectivity index (χ2n) is 10.6. The maximum atomic E-state index is 14.7. The third kappa shape index (κ3) is 7.64. The second-order valence-corrected chi connectivity index (χ2v) is 11.0. The Labute approximate surface area is 266 Å². The maximum Gasteiger partial charge on any atom is 0.318 e. The summed E-state index contributed by atoms with van der Waals surface area (Å²) < 4.78 is 33.3. The first-order valence-corrected chi connectivity index (χ1v) is 15.0. The highest BCUT2D eigenvalue weighted by Crippen LogP contribution is 2.38. The molecule has 4 heterocycles. The van der Waals surface area contributed by atoms with Gasteiger partial charge in [-0.05, 0) is 50.0 Å². The highest BCUT2D eigenvalue weighted by molar-refractivity contribution is 6.36. The minimum absolute atomic E-state index is 0.0674. The van der Waals surface area contributed by atoms with Crippen molar-refractivity contribution in [3.8, 4) is 23.2 Å². The quantitative estimate of drug-likeness (QED) is 0.234. The van der Waals surface area contributed by atoms with Gasteiger partial charge in [-0.1, -0.05) is 48.5 Å². The molecule has 6 rings (SSSR count). The second kappa shape index (κ2) is 15.5. The van der Waals surface area contributed by atoms with Crippen LogP contribution in [-0.2, 0) is 11.5 Å². The van der Waals surface area contributed by atoms with E-state index in [0.717, 1.165) is 16.3 Å². The van der Waals surface area contributed by atoms with Gasteiger partial charge in [-0.25, -0.2) is 8.78 Å². The maximum absolute atomic E-state index is 14.7. The average molecular weight is 636 g/mol. The van der Waals surface area contributed by atoms with Gasteiger partial charge in [-0.2, -0.15) is 15.2 Å². The van der Waals surface area contributed by atoms with Crippen molar-refractivity contribution >= 4 is 45.1 Å². The van der Waals surface area contributed by atoms with Gasteiger partial charge in [-0.15, -0.1) is 0 Å². The first-order valence-electron chi connectivity index (χ1n) is 14.6. The monoisotopic (exact) mass is 635 g/mol. The summed E-state index contributed by atoms with van der Waals surface area (Å²) in [5.41, 5.74) is 2.41. The molecule has 0 spiro atoms. The fourth-order valence-electron chi connectivity index (χ4n) is 5.45. The molecule has 2 saturated heterocycles. The zero-order valence-electron chi connectivity index (χ0n) is 25.7. The molecule has 2 aliphatic rings. The van der Waals surface area contributed by atoms with Crippen molar-refractivity contribution < 1.29 is 18.3 Å². The van der Waals surface area contributed by atoms with Crippen molar-refractivity contribution in [2.45, 2.75) is 26.4 Å². The standard InChI is InChI=1S/C26H22ClF2N5O2.C5H11N.C2H3N/c1-15(29)25(35)34-11-9-33(10-12-34)24-23-22(31-26(32-24)36-2)18(13-28)19(14-30-23)17-7-3-5-16-6-4-8-20(27)21(16)17;1-6-4-2-3-5-6;1-2-3/h3-8,14H,1,9-13H2,2H3;2-5H2,1H3;1H3. The summed E-state index contributed by atoms with van der Waals surface area (Å²) in [6, 6.07) is 13.1. The minimum Gasteiger partial charge on any atom is -0.467 e. The number of alkyl halides is 1. The number of piperazine rings is 1. The number of benzene rings is 2. The molecule has 0 saturated carbocycles. The van der Waals surface area contributed by atoms with Gasteiger partial charge in [-0.3, -0.25) is 9.78 Å². The number of fused-ring (bicyclic) bond motifs is 2. The largest absolute Gasteiger partial charge is 0.467 e. The van der Waals surface area contributed by atoms with Crippen LogP contribution in [0.4, 0.5) is 14.6 Å². The number of pyridine rings is 1. The van der Waals surface area contributed by atoms with Crippen LogP contribution in [0.5, 0.6) is 6.01 Å². The van der Waals surface area contributed by atoms with Gasteiger partial charge >= 0.3 is 6.01 Å². The highest BCUT2D eigenvalue weighted by atomic mass is 35.5. The molecule has 0 atom stereocenters. The summed E-state index contributed by atoms with van der Waals surface area (Å²) in [7, 11) is 3.61. The van der Waals surface area contributed by atoms with Crippen molar-refractivity contribution in [1.29, 1.82) is 5.26 Å². The van der Waals surface area contributed by atoms with E-state index in [4.69, 9.17) is 21.6 Å². The Morgan fingerprint density at radius 3 is 2.24 bits per heavy atom. The number of methoxy groups -OCH3 is 1. The van der Waals surface area contributed by atoms with Crippen molar-refractivity contribution in [2.75, 3.05) is 58.3 Å². The summed E-state index contributed by atoms with van der Waals surface area (Å²) in [5.74, 6) is -1.26. The molecule has 2 aliphatic heterocycles. The molecule has 0 radical (unpaired) electrons. The summed E-state index contributed by atoms with van der Waals surface area (Å²) in [5, 5.41) is 9.60. The fourth-order valence-corrected chi connectivity index (χ4v) is 5.74. The zero-order chi connectivity index (χ0) is 32.5. The van der Waals surface area contributed by atoms with Gasteiger partial charge in [0.05, 0.1) is 13.2 Å². The lowest BCUT2D eigenvalue weighted by Crippen LogP contribution is -2.49. The summed E-state index contributed by atoms with van der Waals surface area (Å²) in [6.07, 6.45) is 4.44. The number of aromatic nitrogens is 3. The van der Waals surface area contributed by atoms with Gasteiger partial charge < -0.3 is 19.4 Å². The van der Waals surface area contributed by atoms with Gasteiger partial charge in [0, 0.05) is 60.8 Å². The van der Waals surface area contributed by atoms with Gasteiger partial charge in [0.1, 0.15) is 17.7 Å². The number of anilines is 1. The van der Waals surface area contributed by atoms with E-state index in [1.165, 1.54) is 44.9 Å². The van der Waals surface area contributed by atoms with Gasteiger partial charge in [0.2, 0.25) is 0 Å². The molecule has 0 bridgehead atoms. The average Bonchev–Trinajstić information content (AvgIpc) is 3.54. The minimum atomic E-state index is -0.993. The van der Waals surface area contributed by atoms with Crippen molar-refractivity contribution in [3.05, 3.63) is 65.6 Å². The van der Waals surface area contributed by atoms with E-state index in [1.54, 1.807) is 18.3 Å². The number of carbonyl (C=O) groups is 1. The van der Waals surface area contributed by atoms with Crippen LogP contribution >= 0.6 is 11.6 Å². The van der Waals surface area contributed by atoms with Crippen molar-refractivity contribution in [2.24, 2.45) is 0 Å². The van der Waals surface area contributed by atoms with Crippen LogP contribution in [0.2, 0.25) is 5.02 Å². The Bertz CT molecular complexity index is 1710. The van der Waals surface area contributed by atoms with Crippen LogP contribution in [0.3, 0.4) is 0 Å². The Morgan fingerprint density at radius 2 is 1.69 bits per heavy atom. The molecule has 0 aliphatic carbocycles. The van der Waals surface area contributed by atoms with Crippen LogP contribution in [0.25, 0.3) is 32.9 Å². The molecule has 236 valence electrons. The molecule has 12 heteroatoms. The summed E-state index contributed by atoms with van der Waals surface area (Å²) >= 11 is 6.53. The third-order valence-electron chi connectivity index (χ3n) is 7.67. The number of hydrogen-bond acceptors (Lipinski definition) is 8. The lowest BCUT2D eigenvalue weighted by Gasteiger charge is -2.35. The normalized spacial score (nSPS) is 14.7. The molecular formula is C33H36ClF2N7O2. The molecule has 45 heavy (non-hydrogen) atoms.